The first-order valence-corrected chi connectivity index (χ1v) is 9.92. The number of nitrogens with zero attached hydrogens (tertiary/aromatic N) is 1. The van der Waals surface area contributed by atoms with Gasteiger partial charge in [-0.15, -0.1) is 11.8 Å². The van der Waals surface area contributed by atoms with E-state index in [1.807, 2.05) is 18.4 Å². The van der Waals surface area contributed by atoms with Crippen LogP contribution in [-0.4, -0.2) is 58.6 Å². The maximum absolute atomic E-state index is 11.7. The zero-order chi connectivity index (χ0) is 14.6. The molecule has 1 aromatic carbocycles. The Labute approximate surface area is 125 Å². The molecule has 4 nitrogen and oxygen atoms in total. The highest BCUT2D eigenvalue weighted by molar-refractivity contribution is 7.99. The molecule has 0 amide bonds. The Morgan fingerprint density at radius 3 is 2.60 bits per heavy atom. The molecule has 1 N–H and O–H groups in total. The van der Waals surface area contributed by atoms with Crippen molar-refractivity contribution in [2.75, 3.05) is 45.2 Å². The number of sulfone groups is 1. The van der Waals surface area contributed by atoms with Crippen LogP contribution in [0.3, 0.4) is 0 Å². The molecule has 6 heteroatoms. The van der Waals surface area contributed by atoms with Crippen LogP contribution in [0, 0.1) is 0 Å². The van der Waals surface area contributed by atoms with Gasteiger partial charge in [0.15, 0.2) is 9.84 Å². The van der Waals surface area contributed by atoms with E-state index in [4.69, 9.17) is 0 Å². The predicted octanol–water partition coefficient (Wildman–Crippen LogP) is 1.26. The third kappa shape index (κ3) is 4.22. The van der Waals surface area contributed by atoms with Gasteiger partial charge in [0.1, 0.15) is 0 Å². The maximum atomic E-state index is 11.7. The number of nitrogens with one attached hydrogen (secondary N) is 1. The first kappa shape index (κ1) is 15.8. The van der Waals surface area contributed by atoms with Gasteiger partial charge in [0.05, 0.1) is 4.90 Å². The molecule has 0 saturated carbocycles. The molecule has 112 valence electrons. The first-order valence-electron chi connectivity index (χ1n) is 6.81. The van der Waals surface area contributed by atoms with E-state index in [1.54, 1.807) is 6.07 Å². The van der Waals surface area contributed by atoms with Crippen LogP contribution in [0.1, 0.15) is 5.56 Å². The van der Waals surface area contributed by atoms with Crippen LogP contribution in [-0.2, 0) is 16.3 Å². The minimum absolute atomic E-state index is 0.441. The van der Waals surface area contributed by atoms with Crippen molar-refractivity contribution in [3.05, 3.63) is 23.8 Å². The average Bonchev–Trinajstić information content (AvgIpc) is 2.45. The second kappa shape index (κ2) is 6.93. The summed E-state index contributed by atoms with van der Waals surface area (Å²) in [5, 5.41) is 3.34. The number of thioether (sulfide) groups is 1. The summed E-state index contributed by atoms with van der Waals surface area (Å²) in [6.45, 7) is 5.34. The SMILES string of the molecule is CSc1cc(CCN2CCNCC2)ccc1S(C)(=O)=O. The van der Waals surface area contributed by atoms with E-state index >= 15 is 0 Å². The molecule has 2 rings (SSSR count). The van der Waals surface area contributed by atoms with Gasteiger partial charge in [0, 0.05) is 43.9 Å². The van der Waals surface area contributed by atoms with Gasteiger partial charge in [0.2, 0.25) is 0 Å². The fraction of sp³-hybridized carbons (Fsp3) is 0.571. The van der Waals surface area contributed by atoms with Crippen LogP contribution < -0.4 is 5.32 Å². The fourth-order valence-corrected chi connectivity index (χ4v) is 4.38. The van der Waals surface area contributed by atoms with Gasteiger partial charge < -0.3 is 10.2 Å². The Kier molecular flexibility index (Phi) is 5.49. The van der Waals surface area contributed by atoms with E-state index in [0.29, 0.717) is 4.90 Å². The summed E-state index contributed by atoms with van der Waals surface area (Å²) in [5.41, 5.74) is 1.21. The van der Waals surface area contributed by atoms with Crippen molar-refractivity contribution in [3.8, 4) is 0 Å². The Morgan fingerprint density at radius 2 is 2.00 bits per heavy atom. The van der Waals surface area contributed by atoms with Crippen molar-refractivity contribution < 1.29 is 8.42 Å². The van der Waals surface area contributed by atoms with Crippen LogP contribution in [0.5, 0.6) is 0 Å². The van der Waals surface area contributed by atoms with E-state index in [-0.39, 0.29) is 0 Å². The Bertz CT molecular complexity index is 552. The number of benzene rings is 1. The topological polar surface area (TPSA) is 49.4 Å². The standard InChI is InChI=1S/C14H22N2O2S2/c1-19-13-11-12(3-4-14(13)20(2,17)18)5-8-16-9-6-15-7-10-16/h3-4,11,15H,5-10H2,1-2H3. The number of hydrogen-bond acceptors (Lipinski definition) is 5. The van der Waals surface area contributed by atoms with Gasteiger partial charge in [-0.05, 0) is 30.4 Å². The zero-order valence-corrected chi connectivity index (χ0v) is 13.7. The minimum atomic E-state index is -3.14. The number of piperazine rings is 1. The molecule has 1 aromatic rings. The van der Waals surface area contributed by atoms with Crippen molar-refractivity contribution in [2.45, 2.75) is 16.2 Å². The molecule has 0 spiro atoms. The van der Waals surface area contributed by atoms with Gasteiger partial charge in [-0.1, -0.05) is 6.07 Å². The lowest BCUT2D eigenvalue weighted by Crippen LogP contribution is -2.44. The molecule has 0 unspecified atom stereocenters. The highest BCUT2D eigenvalue weighted by atomic mass is 32.2. The fourth-order valence-electron chi connectivity index (χ4n) is 2.40. The molecule has 0 radical (unpaired) electrons. The molecule has 20 heavy (non-hydrogen) atoms. The molecule has 1 saturated heterocycles. The third-order valence-corrected chi connectivity index (χ3v) is 5.62. The molecule has 0 aromatic heterocycles. The van der Waals surface area contributed by atoms with Crippen LogP contribution in [0.25, 0.3) is 0 Å². The summed E-state index contributed by atoms with van der Waals surface area (Å²) in [6.07, 6.45) is 4.16. The van der Waals surface area contributed by atoms with Gasteiger partial charge in [-0.2, -0.15) is 0 Å². The van der Waals surface area contributed by atoms with Crippen molar-refractivity contribution in [1.82, 2.24) is 10.2 Å². The van der Waals surface area contributed by atoms with Crippen molar-refractivity contribution >= 4 is 21.6 Å². The van der Waals surface area contributed by atoms with Crippen LogP contribution >= 0.6 is 11.8 Å². The summed E-state index contributed by atoms with van der Waals surface area (Å²) in [7, 11) is -3.14. The van der Waals surface area contributed by atoms with Crippen LogP contribution in [0.4, 0.5) is 0 Å². The summed E-state index contributed by atoms with van der Waals surface area (Å²) in [5.74, 6) is 0. The average molecular weight is 314 g/mol. The van der Waals surface area contributed by atoms with Crippen LogP contribution in [0.15, 0.2) is 28.0 Å². The Balaban J connectivity index is 2.05. The lowest BCUT2D eigenvalue weighted by atomic mass is 10.1. The lowest BCUT2D eigenvalue weighted by molar-refractivity contribution is 0.244. The largest absolute Gasteiger partial charge is 0.314 e. The van der Waals surface area contributed by atoms with Crippen molar-refractivity contribution in [3.63, 3.8) is 0 Å². The quantitative estimate of drug-likeness (QED) is 0.829. The molecule has 1 aliphatic heterocycles. The number of rotatable bonds is 5. The molecular formula is C14H22N2O2S2. The molecule has 1 heterocycles. The predicted molar refractivity (Wildman–Crippen MR) is 84.3 cm³/mol. The summed E-state index contributed by atoms with van der Waals surface area (Å²) >= 11 is 1.50. The normalized spacial score (nSPS) is 17.3. The summed E-state index contributed by atoms with van der Waals surface area (Å²) < 4.78 is 23.4. The monoisotopic (exact) mass is 314 g/mol. The zero-order valence-electron chi connectivity index (χ0n) is 12.1. The van der Waals surface area contributed by atoms with E-state index in [1.165, 1.54) is 23.6 Å². The number of hydrogen-bond donors (Lipinski definition) is 1. The van der Waals surface area contributed by atoms with Gasteiger partial charge in [-0.3, -0.25) is 0 Å². The minimum Gasteiger partial charge on any atom is -0.314 e. The molecule has 0 bridgehead atoms. The van der Waals surface area contributed by atoms with Gasteiger partial charge in [0.25, 0.3) is 0 Å². The van der Waals surface area contributed by atoms with Crippen molar-refractivity contribution in [2.24, 2.45) is 0 Å². The highest BCUT2D eigenvalue weighted by Crippen LogP contribution is 2.26. The van der Waals surface area contributed by atoms with Gasteiger partial charge >= 0.3 is 0 Å². The molecule has 0 aliphatic carbocycles. The Hall–Kier alpha value is -0.560. The smallest absolute Gasteiger partial charge is 0.176 e. The van der Waals surface area contributed by atoms with E-state index < -0.39 is 9.84 Å². The first-order chi connectivity index (χ1) is 9.50. The molecule has 1 aliphatic rings. The van der Waals surface area contributed by atoms with Crippen LogP contribution in [0.2, 0.25) is 0 Å². The second-order valence-corrected chi connectivity index (χ2v) is 7.93. The van der Waals surface area contributed by atoms with E-state index in [2.05, 4.69) is 10.2 Å². The molecule has 0 atom stereocenters. The molecule has 1 fully saturated rings. The van der Waals surface area contributed by atoms with Crippen molar-refractivity contribution in [1.29, 1.82) is 0 Å². The lowest BCUT2D eigenvalue weighted by Gasteiger charge is -2.27. The maximum Gasteiger partial charge on any atom is 0.176 e. The highest BCUT2D eigenvalue weighted by Gasteiger charge is 2.14. The molecular weight excluding hydrogens is 292 g/mol. The van der Waals surface area contributed by atoms with Gasteiger partial charge in [-0.25, -0.2) is 8.42 Å². The summed E-state index contributed by atoms with van der Waals surface area (Å²) in [4.78, 5) is 3.74. The van der Waals surface area contributed by atoms with E-state index in [0.717, 1.165) is 44.0 Å². The third-order valence-electron chi connectivity index (χ3n) is 3.55. The van der Waals surface area contributed by atoms with E-state index in [9.17, 15) is 8.42 Å². The Morgan fingerprint density at radius 1 is 1.30 bits per heavy atom. The second-order valence-electron chi connectivity index (χ2n) is 5.10. The summed E-state index contributed by atoms with van der Waals surface area (Å²) in [6, 6.07) is 5.70.